The smallest absolute Gasteiger partial charge is 0.462 e. The molecule has 0 aromatic rings. The number of quaternary nitrogens is 1. The van der Waals surface area contributed by atoms with Crippen LogP contribution in [0.25, 0.3) is 0 Å². The first-order chi connectivity index (χ1) is 28.5. The van der Waals surface area contributed by atoms with Crippen molar-refractivity contribution in [3.8, 4) is 0 Å². The van der Waals surface area contributed by atoms with E-state index in [4.69, 9.17) is 23.3 Å². The van der Waals surface area contributed by atoms with Crippen LogP contribution in [-0.4, -0.2) is 87.1 Å². The van der Waals surface area contributed by atoms with Crippen LogP contribution in [-0.2, 0) is 37.4 Å². The molecule has 1 aliphatic heterocycles. The zero-order valence-electron chi connectivity index (χ0n) is 37.7. The molecule has 3 unspecified atom stereocenters. The average molecular weight is 849 g/mol. The SMILES string of the molecule is CCCCC/C=C\C/C=C\C/C=C\C/C=C\C/C=C\CCC(=O)O[C@H](COC(=O)CCCCCCCC1OC1C/C=C\CCCCC)COP(=O)(O)OCC[N+](C)(C)C. The Labute approximate surface area is 359 Å². The fraction of sp³-hybridized carbons (Fsp3) is 0.708. The quantitative estimate of drug-likeness (QED) is 0.0161. The van der Waals surface area contributed by atoms with Crippen molar-refractivity contribution in [2.75, 3.05) is 47.5 Å². The summed E-state index contributed by atoms with van der Waals surface area (Å²) < 4.78 is 40.0. The molecule has 10 nitrogen and oxygen atoms in total. The maximum Gasteiger partial charge on any atom is 0.472 e. The predicted octanol–water partition coefficient (Wildman–Crippen LogP) is 12.0. The number of allylic oxidation sites excluding steroid dienone is 11. The number of likely N-dealkylation sites (N-methyl/N-ethyl adjacent to an activating group) is 1. The van der Waals surface area contributed by atoms with E-state index in [1.807, 2.05) is 33.3 Å². The van der Waals surface area contributed by atoms with Gasteiger partial charge in [-0.3, -0.25) is 18.6 Å². The Morgan fingerprint density at radius 2 is 1.17 bits per heavy atom. The van der Waals surface area contributed by atoms with E-state index in [0.717, 1.165) is 70.6 Å². The molecule has 0 saturated carbocycles. The van der Waals surface area contributed by atoms with Gasteiger partial charge in [-0.1, -0.05) is 138 Å². The number of nitrogens with zero attached hydrogens (tertiary/aromatic N) is 1. The predicted molar refractivity (Wildman–Crippen MR) is 242 cm³/mol. The third kappa shape index (κ3) is 36.9. The van der Waals surface area contributed by atoms with Gasteiger partial charge in [0.25, 0.3) is 0 Å². The third-order valence-corrected chi connectivity index (χ3v) is 10.6. The van der Waals surface area contributed by atoms with Crippen LogP contribution in [0.2, 0.25) is 0 Å². The minimum atomic E-state index is -4.41. The Hall–Kier alpha value is -2.59. The summed E-state index contributed by atoms with van der Waals surface area (Å²) in [4.78, 5) is 35.4. The summed E-state index contributed by atoms with van der Waals surface area (Å²) in [6.45, 7) is 4.23. The summed E-state index contributed by atoms with van der Waals surface area (Å²) in [6.07, 6.45) is 47.0. The van der Waals surface area contributed by atoms with E-state index in [1.54, 1.807) is 0 Å². The van der Waals surface area contributed by atoms with E-state index in [-0.39, 0.29) is 26.1 Å². The van der Waals surface area contributed by atoms with Crippen LogP contribution < -0.4 is 0 Å². The van der Waals surface area contributed by atoms with E-state index in [2.05, 4.69) is 74.6 Å². The van der Waals surface area contributed by atoms with E-state index in [1.165, 1.54) is 44.9 Å². The number of phosphoric ester groups is 1. The third-order valence-electron chi connectivity index (χ3n) is 9.65. The first-order valence-electron chi connectivity index (χ1n) is 22.8. The van der Waals surface area contributed by atoms with Crippen molar-refractivity contribution in [3.05, 3.63) is 72.9 Å². The summed E-state index contributed by atoms with van der Waals surface area (Å²) >= 11 is 0. The topological polar surface area (TPSA) is 121 Å². The summed E-state index contributed by atoms with van der Waals surface area (Å²) in [7, 11) is 1.40. The number of hydrogen-bond donors (Lipinski definition) is 1. The van der Waals surface area contributed by atoms with Crippen LogP contribution >= 0.6 is 7.82 Å². The molecular formula is C48H83NO9P+. The first kappa shape index (κ1) is 54.4. The number of rotatable bonds is 39. The molecular weight excluding hydrogens is 766 g/mol. The molecule has 338 valence electrons. The van der Waals surface area contributed by atoms with Crippen LogP contribution in [0, 0.1) is 0 Å². The lowest BCUT2D eigenvalue weighted by Gasteiger charge is -2.24. The lowest BCUT2D eigenvalue weighted by atomic mass is 10.1. The fourth-order valence-corrected chi connectivity index (χ4v) is 6.68. The summed E-state index contributed by atoms with van der Waals surface area (Å²) in [6, 6.07) is 0. The molecule has 1 heterocycles. The normalized spacial score (nSPS) is 17.7. The van der Waals surface area contributed by atoms with Crippen LogP contribution in [0.1, 0.15) is 155 Å². The lowest BCUT2D eigenvalue weighted by molar-refractivity contribution is -0.870. The maximum absolute atomic E-state index is 12.7. The number of carbonyl (C=O) groups is 2. The van der Waals surface area contributed by atoms with Gasteiger partial charge in [0.2, 0.25) is 0 Å². The second-order valence-corrected chi connectivity index (χ2v) is 17.9. The van der Waals surface area contributed by atoms with Gasteiger partial charge in [-0.25, -0.2) is 4.57 Å². The standard InChI is InChI=1S/C48H82NO9P/c1-6-8-10-12-14-15-16-17-18-19-20-21-22-23-24-25-26-30-35-39-48(51)57-44(43-56-59(52,53)55-41-40-49(3,4)5)42-54-47(50)38-34-31-27-29-33-37-46-45(58-46)36-32-28-13-11-9-7-2/h14-15,17-18,20-21,23-24,26,28,30,32,44-46H,6-13,16,19,22,25,27,29,31,33-43H2,1-5H3/p+1/b15-14-,18-17-,21-20-,24-23-,30-26-,32-28-/t44-,45?,46?/m1/s1. The first-order valence-corrected chi connectivity index (χ1v) is 24.3. The van der Waals surface area contributed by atoms with E-state index < -0.39 is 32.5 Å². The van der Waals surface area contributed by atoms with Gasteiger partial charge in [0.1, 0.15) is 19.8 Å². The van der Waals surface area contributed by atoms with Crippen molar-refractivity contribution in [1.29, 1.82) is 0 Å². The number of epoxide rings is 1. The number of ether oxygens (including phenoxy) is 3. The van der Waals surface area contributed by atoms with Gasteiger partial charge in [-0.2, -0.15) is 0 Å². The van der Waals surface area contributed by atoms with Gasteiger partial charge in [0.15, 0.2) is 6.10 Å². The van der Waals surface area contributed by atoms with E-state index in [9.17, 15) is 19.0 Å². The zero-order valence-corrected chi connectivity index (χ0v) is 38.5. The van der Waals surface area contributed by atoms with Gasteiger partial charge in [-0.05, 0) is 77.0 Å². The molecule has 1 N–H and O–H groups in total. The molecule has 0 radical (unpaired) electrons. The molecule has 0 spiro atoms. The molecule has 4 atom stereocenters. The van der Waals surface area contributed by atoms with Gasteiger partial charge in [0, 0.05) is 12.8 Å². The van der Waals surface area contributed by atoms with Crippen molar-refractivity contribution < 1.29 is 46.8 Å². The summed E-state index contributed by atoms with van der Waals surface area (Å²) in [5.41, 5.74) is 0. The second kappa shape index (κ2) is 36.1. The van der Waals surface area contributed by atoms with Gasteiger partial charge in [-0.15, -0.1) is 0 Å². The maximum atomic E-state index is 12.7. The van der Waals surface area contributed by atoms with Crippen LogP contribution in [0.15, 0.2) is 72.9 Å². The minimum absolute atomic E-state index is 0.00976. The second-order valence-electron chi connectivity index (χ2n) is 16.5. The highest BCUT2D eigenvalue weighted by Crippen LogP contribution is 2.43. The molecule has 1 rings (SSSR count). The number of phosphoric acid groups is 1. The number of hydrogen-bond acceptors (Lipinski definition) is 8. The van der Waals surface area contributed by atoms with Gasteiger partial charge in [0.05, 0.1) is 40.0 Å². The minimum Gasteiger partial charge on any atom is -0.462 e. The summed E-state index contributed by atoms with van der Waals surface area (Å²) in [5, 5.41) is 0. The lowest BCUT2D eigenvalue weighted by Crippen LogP contribution is -2.37. The fourth-order valence-electron chi connectivity index (χ4n) is 5.94. The Morgan fingerprint density at radius 1 is 0.627 bits per heavy atom. The number of esters is 2. The van der Waals surface area contributed by atoms with E-state index in [0.29, 0.717) is 36.1 Å². The largest absolute Gasteiger partial charge is 0.472 e. The molecule has 59 heavy (non-hydrogen) atoms. The van der Waals surface area contributed by atoms with Crippen LogP contribution in [0.4, 0.5) is 0 Å². The molecule has 0 aromatic heterocycles. The van der Waals surface area contributed by atoms with Gasteiger partial charge >= 0.3 is 19.8 Å². The highest BCUT2D eigenvalue weighted by atomic mass is 31.2. The molecule has 0 aliphatic carbocycles. The Bertz CT molecular complexity index is 1300. The molecule has 1 fully saturated rings. The van der Waals surface area contributed by atoms with Crippen molar-refractivity contribution in [2.45, 2.75) is 173 Å². The molecule has 11 heteroatoms. The number of carbonyl (C=O) groups excluding carboxylic acids is 2. The molecule has 1 aliphatic rings. The zero-order chi connectivity index (χ0) is 43.3. The Morgan fingerprint density at radius 3 is 1.76 bits per heavy atom. The highest BCUT2D eigenvalue weighted by molar-refractivity contribution is 7.47. The van der Waals surface area contributed by atoms with Crippen molar-refractivity contribution in [3.63, 3.8) is 0 Å². The Kier molecular flexibility index (Phi) is 33.3. The van der Waals surface area contributed by atoms with Crippen molar-refractivity contribution in [2.24, 2.45) is 0 Å². The van der Waals surface area contributed by atoms with Crippen molar-refractivity contribution >= 4 is 19.8 Å². The van der Waals surface area contributed by atoms with Gasteiger partial charge < -0.3 is 23.6 Å². The van der Waals surface area contributed by atoms with Crippen molar-refractivity contribution in [1.82, 2.24) is 0 Å². The monoisotopic (exact) mass is 849 g/mol. The van der Waals surface area contributed by atoms with E-state index >= 15 is 0 Å². The number of unbranched alkanes of at least 4 members (excludes halogenated alkanes) is 10. The average Bonchev–Trinajstić information content (AvgIpc) is 3.94. The summed E-state index contributed by atoms with van der Waals surface area (Å²) in [5.74, 6) is -0.924. The van der Waals surface area contributed by atoms with Crippen LogP contribution in [0.3, 0.4) is 0 Å². The Balaban J connectivity index is 2.35. The molecule has 0 amide bonds. The molecule has 0 bridgehead atoms. The van der Waals surface area contributed by atoms with Crippen LogP contribution in [0.5, 0.6) is 0 Å². The highest BCUT2D eigenvalue weighted by Gasteiger charge is 2.36. The molecule has 0 aromatic carbocycles. The molecule has 1 saturated heterocycles.